The normalized spacial score (nSPS) is 13.9. The summed E-state index contributed by atoms with van der Waals surface area (Å²) in [6.07, 6.45) is 2.10. The summed E-state index contributed by atoms with van der Waals surface area (Å²) in [4.78, 5) is 30.1. The minimum Gasteiger partial charge on any atom is -0.496 e. The lowest BCUT2D eigenvalue weighted by molar-refractivity contribution is -0.131. The summed E-state index contributed by atoms with van der Waals surface area (Å²) in [6, 6.07) is 27.3. The largest absolute Gasteiger partial charge is 0.496 e. The van der Waals surface area contributed by atoms with Gasteiger partial charge in [-0.15, -0.1) is 0 Å². The molecule has 1 saturated heterocycles. The third kappa shape index (κ3) is 6.29. The Hall–Kier alpha value is -4.06. The first kappa shape index (κ1) is 24.1. The van der Waals surface area contributed by atoms with Crippen LogP contribution < -0.4 is 15.0 Å². The van der Waals surface area contributed by atoms with Crippen LogP contribution in [0.15, 0.2) is 84.9 Å². The molecule has 4 rings (SSSR count). The van der Waals surface area contributed by atoms with Crippen LogP contribution >= 0.6 is 0 Å². The molecule has 0 saturated carbocycles. The quantitative estimate of drug-likeness (QED) is 0.399. The highest BCUT2D eigenvalue weighted by Gasteiger charge is 2.21. The third-order valence-electron chi connectivity index (χ3n) is 6.15. The molecule has 2 amide bonds. The van der Waals surface area contributed by atoms with E-state index in [1.807, 2.05) is 83.8 Å². The van der Waals surface area contributed by atoms with Gasteiger partial charge in [-0.25, -0.2) is 0 Å². The van der Waals surface area contributed by atoms with Crippen LogP contribution in [0.5, 0.6) is 5.75 Å². The number of piperazine rings is 1. The molecule has 0 atom stereocenters. The molecule has 0 aliphatic carbocycles. The molecule has 6 nitrogen and oxygen atoms in total. The molecular formula is C29H31N3O3. The van der Waals surface area contributed by atoms with Crippen molar-refractivity contribution >= 4 is 29.2 Å². The highest BCUT2D eigenvalue weighted by atomic mass is 16.5. The van der Waals surface area contributed by atoms with E-state index >= 15 is 0 Å². The molecule has 1 aliphatic heterocycles. The van der Waals surface area contributed by atoms with Gasteiger partial charge in [0.2, 0.25) is 5.91 Å². The molecule has 180 valence electrons. The van der Waals surface area contributed by atoms with Crippen molar-refractivity contribution in [2.24, 2.45) is 0 Å². The van der Waals surface area contributed by atoms with Crippen molar-refractivity contribution in [2.45, 2.75) is 6.42 Å². The number of hydrogen-bond donors (Lipinski definition) is 1. The van der Waals surface area contributed by atoms with Crippen molar-refractivity contribution in [2.75, 3.05) is 44.7 Å². The predicted octanol–water partition coefficient (Wildman–Crippen LogP) is 4.09. The summed E-state index contributed by atoms with van der Waals surface area (Å²) >= 11 is 0. The Balaban J connectivity index is 1.35. The third-order valence-corrected chi connectivity index (χ3v) is 6.15. The van der Waals surface area contributed by atoms with Crippen molar-refractivity contribution in [1.82, 2.24) is 10.2 Å². The molecular weight excluding hydrogens is 438 g/mol. The lowest BCUT2D eigenvalue weighted by Gasteiger charge is -2.36. The molecule has 0 radical (unpaired) electrons. The molecule has 3 aromatic carbocycles. The molecule has 1 fully saturated rings. The van der Waals surface area contributed by atoms with E-state index in [9.17, 15) is 9.59 Å². The second kappa shape index (κ2) is 11.9. The van der Waals surface area contributed by atoms with E-state index in [0.29, 0.717) is 24.4 Å². The number of carbonyl (C=O) groups is 2. The Morgan fingerprint density at radius 2 is 1.49 bits per heavy atom. The second-order valence-corrected chi connectivity index (χ2v) is 8.38. The summed E-state index contributed by atoms with van der Waals surface area (Å²) in [6.45, 7) is 3.27. The average molecular weight is 470 g/mol. The Morgan fingerprint density at radius 3 is 2.17 bits per heavy atom. The standard InChI is InChI=1S/C29H31N3O3/c1-35-27-15-9-8-12-24(27)22-26(23-10-4-2-5-11-23)29(34)30-17-16-28(33)32-20-18-31(19-21-32)25-13-6-3-7-14-25/h2-15,22H,16-21H2,1H3,(H,30,34)/b26-22+. The molecule has 1 heterocycles. The molecule has 0 unspecified atom stereocenters. The number of nitrogens with zero attached hydrogens (tertiary/aromatic N) is 2. The van der Waals surface area contributed by atoms with Crippen LogP contribution in [0.2, 0.25) is 0 Å². The fraction of sp³-hybridized carbons (Fsp3) is 0.241. The molecule has 0 spiro atoms. The number of para-hydroxylation sites is 2. The van der Waals surface area contributed by atoms with Gasteiger partial charge in [-0.1, -0.05) is 66.7 Å². The van der Waals surface area contributed by atoms with E-state index in [2.05, 4.69) is 22.3 Å². The second-order valence-electron chi connectivity index (χ2n) is 8.38. The number of rotatable bonds is 8. The van der Waals surface area contributed by atoms with Gasteiger partial charge in [-0.2, -0.15) is 0 Å². The zero-order valence-corrected chi connectivity index (χ0v) is 20.0. The first-order valence-corrected chi connectivity index (χ1v) is 11.9. The minimum atomic E-state index is -0.219. The van der Waals surface area contributed by atoms with E-state index in [1.54, 1.807) is 7.11 Å². The summed E-state index contributed by atoms with van der Waals surface area (Å²) in [5.41, 5.74) is 3.33. The maximum Gasteiger partial charge on any atom is 0.251 e. The number of carbonyl (C=O) groups excluding carboxylic acids is 2. The maximum absolute atomic E-state index is 13.2. The van der Waals surface area contributed by atoms with Crippen LogP contribution in [-0.4, -0.2) is 56.5 Å². The van der Waals surface area contributed by atoms with E-state index < -0.39 is 0 Å². The summed E-state index contributed by atoms with van der Waals surface area (Å²) in [5.74, 6) is 0.537. The zero-order chi connectivity index (χ0) is 24.5. The lowest BCUT2D eigenvalue weighted by Crippen LogP contribution is -2.49. The van der Waals surface area contributed by atoms with Crippen molar-refractivity contribution in [1.29, 1.82) is 0 Å². The molecule has 35 heavy (non-hydrogen) atoms. The Labute approximate surface area is 206 Å². The van der Waals surface area contributed by atoms with Gasteiger partial charge in [0.1, 0.15) is 5.75 Å². The smallest absolute Gasteiger partial charge is 0.251 e. The molecule has 3 aromatic rings. The lowest BCUT2D eigenvalue weighted by atomic mass is 10.0. The van der Waals surface area contributed by atoms with Gasteiger partial charge in [0.05, 0.1) is 7.11 Å². The highest BCUT2D eigenvalue weighted by molar-refractivity contribution is 6.24. The Morgan fingerprint density at radius 1 is 0.857 bits per heavy atom. The SMILES string of the molecule is COc1ccccc1/C=C(/C(=O)NCCC(=O)N1CCN(c2ccccc2)CC1)c1ccccc1. The van der Waals surface area contributed by atoms with E-state index in [0.717, 1.165) is 24.2 Å². The van der Waals surface area contributed by atoms with Gasteiger partial charge in [-0.3, -0.25) is 9.59 Å². The number of nitrogens with one attached hydrogen (secondary N) is 1. The van der Waals surface area contributed by atoms with E-state index in [-0.39, 0.29) is 24.8 Å². The van der Waals surface area contributed by atoms with Crippen LogP contribution in [-0.2, 0) is 9.59 Å². The first-order chi connectivity index (χ1) is 17.2. The summed E-state index contributed by atoms with van der Waals surface area (Å²) < 4.78 is 5.45. The van der Waals surface area contributed by atoms with Crippen LogP contribution in [0.3, 0.4) is 0 Å². The fourth-order valence-corrected chi connectivity index (χ4v) is 4.23. The molecule has 0 aromatic heterocycles. The van der Waals surface area contributed by atoms with Crippen molar-refractivity contribution < 1.29 is 14.3 Å². The maximum atomic E-state index is 13.2. The number of ether oxygens (including phenoxy) is 1. The van der Waals surface area contributed by atoms with Gasteiger partial charge in [0, 0.05) is 56.0 Å². The van der Waals surface area contributed by atoms with Gasteiger partial charge in [0.25, 0.3) is 5.91 Å². The van der Waals surface area contributed by atoms with Crippen molar-refractivity contribution in [3.05, 3.63) is 96.1 Å². The number of benzene rings is 3. The predicted molar refractivity (Wildman–Crippen MR) is 140 cm³/mol. The fourth-order valence-electron chi connectivity index (χ4n) is 4.23. The Kier molecular flexibility index (Phi) is 8.17. The molecule has 1 N–H and O–H groups in total. The molecule has 6 heteroatoms. The van der Waals surface area contributed by atoms with Gasteiger partial charge in [0.15, 0.2) is 0 Å². The summed E-state index contributed by atoms with van der Waals surface area (Å²) in [5, 5.41) is 2.94. The average Bonchev–Trinajstić information content (AvgIpc) is 2.92. The topological polar surface area (TPSA) is 61.9 Å². The number of methoxy groups -OCH3 is 1. The van der Waals surface area contributed by atoms with Gasteiger partial charge in [-0.05, 0) is 29.8 Å². The van der Waals surface area contributed by atoms with Crippen molar-refractivity contribution in [3.8, 4) is 5.75 Å². The van der Waals surface area contributed by atoms with E-state index in [4.69, 9.17) is 4.74 Å². The van der Waals surface area contributed by atoms with Crippen molar-refractivity contribution in [3.63, 3.8) is 0 Å². The molecule has 1 aliphatic rings. The Bertz CT molecular complexity index is 1150. The van der Waals surface area contributed by atoms with Gasteiger partial charge < -0.3 is 19.9 Å². The van der Waals surface area contributed by atoms with Crippen LogP contribution in [0.25, 0.3) is 11.6 Å². The number of amides is 2. The van der Waals surface area contributed by atoms with Gasteiger partial charge >= 0.3 is 0 Å². The monoisotopic (exact) mass is 469 g/mol. The van der Waals surface area contributed by atoms with Crippen LogP contribution in [0, 0.1) is 0 Å². The summed E-state index contributed by atoms with van der Waals surface area (Å²) in [7, 11) is 1.61. The first-order valence-electron chi connectivity index (χ1n) is 11.9. The molecule has 0 bridgehead atoms. The minimum absolute atomic E-state index is 0.0629. The van der Waals surface area contributed by atoms with Crippen LogP contribution in [0.1, 0.15) is 17.5 Å². The number of anilines is 1. The number of hydrogen-bond acceptors (Lipinski definition) is 4. The highest BCUT2D eigenvalue weighted by Crippen LogP contribution is 2.25. The zero-order valence-electron chi connectivity index (χ0n) is 20.0. The van der Waals surface area contributed by atoms with Crippen LogP contribution in [0.4, 0.5) is 5.69 Å². The van der Waals surface area contributed by atoms with E-state index in [1.165, 1.54) is 5.69 Å².